The smallest absolute Gasteiger partial charge is 0.251 e. The van der Waals surface area contributed by atoms with Crippen molar-refractivity contribution in [2.75, 3.05) is 53.4 Å². The largest absolute Gasteiger partial charge is 0.496 e. The number of rotatable bonds is 14. The van der Waals surface area contributed by atoms with E-state index in [4.69, 9.17) is 9.57 Å². The first kappa shape index (κ1) is 40.0. The van der Waals surface area contributed by atoms with Crippen LogP contribution in [0.1, 0.15) is 70.3 Å². The number of hydrogen-bond acceptors (Lipinski definition) is 9. The second-order valence-corrected chi connectivity index (χ2v) is 17.0. The Balaban J connectivity index is 1.45. The van der Waals surface area contributed by atoms with Crippen molar-refractivity contribution in [1.29, 1.82) is 0 Å². The van der Waals surface area contributed by atoms with Crippen LogP contribution < -0.4 is 20.3 Å². The standard InChI is InChI=1S/C41H63N5O6/c1-23(2)34(21-44(7)8)43-39(49)28-15-27(16-30(17-28)45(9)10)31-14-12-13-26(38(31)51-11)20-46-37(36(25(4)48)35(22-47)52-46)40(50)42-33-19-29-18-32(24(33)3)41(29,5)6/h12-17,23-25,29,32-37,47-48H,18-22H2,1-11H3,(H,42,50)(H,43,49)/t24-,25-,29+,32?,33-,34+,35-,36-,37-/m0/s1. The molecule has 11 nitrogen and oxygen atoms in total. The van der Waals surface area contributed by atoms with E-state index >= 15 is 0 Å². The first-order valence-electron chi connectivity index (χ1n) is 18.9. The Kier molecular flexibility index (Phi) is 12.3. The number of nitrogens with zero attached hydrogens (tertiary/aromatic N) is 3. The molecule has 11 heteroatoms. The minimum Gasteiger partial charge on any atom is -0.496 e. The molecule has 4 aliphatic rings. The molecule has 3 saturated carbocycles. The lowest BCUT2D eigenvalue weighted by Crippen LogP contribution is -2.62. The number of aliphatic hydroxyl groups excluding tert-OH is 2. The van der Waals surface area contributed by atoms with Crippen LogP contribution in [0.4, 0.5) is 5.69 Å². The monoisotopic (exact) mass is 721 g/mol. The van der Waals surface area contributed by atoms with Gasteiger partial charge in [0, 0.05) is 61.0 Å². The Morgan fingerprint density at radius 1 is 1.10 bits per heavy atom. The molecule has 3 aliphatic carbocycles. The van der Waals surface area contributed by atoms with E-state index < -0.39 is 24.2 Å². The number of benzene rings is 2. The van der Waals surface area contributed by atoms with Crippen molar-refractivity contribution in [1.82, 2.24) is 20.6 Å². The molecule has 1 heterocycles. The van der Waals surface area contributed by atoms with Gasteiger partial charge in [-0.3, -0.25) is 14.4 Å². The summed E-state index contributed by atoms with van der Waals surface area (Å²) in [5.41, 5.74) is 4.06. The van der Waals surface area contributed by atoms with Crippen molar-refractivity contribution in [2.45, 2.75) is 91.3 Å². The van der Waals surface area contributed by atoms with Crippen LogP contribution in [0.2, 0.25) is 0 Å². The van der Waals surface area contributed by atoms with E-state index in [0.717, 1.165) is 35.3 Å². The van der Waals surface area contributed by atoms with Crippen LogP contribution in [0.3, 0.4) is 0 Å². The van der Waals surface area contributed by atoms with Crippen molar-refractivity contribution in [3.63, 3.8) is 0 Å². The fourth-order valence-electron chi connectivity index (χ4n) is 9.05. The zero-order chi connectivity index (χ0) is 38.2. The minimum atomic E-state index is -0.895. The summed E-state index contributed by atoms with van der Waals surface area (Å²) in [6, 6.07) is 10.8. The number of hydroxylamine groups is 2. The van der Waals surface area contributed by atoms with Crippen molar-refractivity contribution >= 4 is 17.5 Å². The lowest BCUT2D eigenvalue weighted by atomic mass is 9.45. The van der Waals surface area contributed by atoms with Crippen LogP contribution in [0.25, 0.3) is 11.1 Å². The number of anilines is 1. The zero-order valence-corrected chi connectivity index (χ0v) is 33.1. The van der Waals surface area contributed by atoms with Gasteiger partial charge in [-0.15, -0.1) is 0 Å². The Morgan fingerprint density at radius 2 is 1.81 bits per heavy atom. The Labute approximate surface area is 311 Å². The molecule has 2 amide bonds. The van der Waals surface area contributed by atoms with Crippen molar-refractivity contribution in [3.8, 4) is 16.9 Å². The number of carbonyl (C=O) groups excluding carboxylic acids is 2. The van der Waals surface area contributed by atoms with Gasteiger partial charge in [0.25, 0.3) is 5.91 Å². The number of hydrogen-bond donors (Lipinski definition) is 4. The van der Waals surface area contributed by atoms with Gasteiger partial charge in [-0.05, 0) is 86.7 Å². The summed E-state index contributed by atoms with van der Waals surface area (Å²) in [4.78, 5) is 38.3. The van der Waals surface area contributed by atoms with Gasteiger partial charge in [-0.25, -0.2) is 0 Å². The van der Waals surface area contributed by atoms with E-state index in [2.05, 4.69) is 50.2 Å². The van der Waals surface area contributed by atoms with Crippen molar-refractivity contribution in [3.05, 3.63) is 47.5 Å². The molecule has 0 aromatic heterocycles. The number of nitrogens with one attached hydrogen (secondary N) is 2. The number of amides is 2. The number of carbonyl (C=O) groups is 2. The van der Waals surface area contributed by atoms with Crippen LogP contribution in [-0.4, -0.2) is 111 Å². The number of para-hydroxylation sites is 1. The third-order valence-corrected chi connectivity index (χ3v) is 12.4. The molecule has 2 aromatic rings. The van der Waals surface area contributed by atoms with E-state index in [1.807, 2.05) is 69.5 Å². The van der Waals surface area contributed by atoms with Gasteiger partial charge in [-0.2, -0.15) is 5.06 Å². The summed E-state index contributed by atoms with van der Waals surface area (Å²) < 4.78 is 6.08. The molecule has 4 N–H and O–H groups in total. The lowest BCUT2D eigenvalue weighted by molar-refractivity contribution is -0.183. The van der Waals surface area contributed by atoms with E-state index in [0.29, 0.717) is 29.1 Å². The Morgan fingerprint density at radius 3 is 2.37 bits per heavy atom. The molecule has 288 valence electrons. The van der Waals surface area contributed by atoms with Gasteiger partial charge in [0.15, 0.2) is 0 Å². The van der Waals surface area contributed by atoms with Gasteiger partial charge >= 0.3 is 0 Å². The van der Waals surface area contributed by atoms with Gasteiger partial charge in [0.05, 0.1) is 26.4 Å². The van der Waals surface area contributed by atoms with Crippen LogP contribution in [-0.2, 0) is 16.2 Å². The molecule has 4 fully saturated rings. The molecule has 0 spiro atoms. The van der Waals surface area contributed by atoms with Gasteiger partial charge < -0.3 is 35.4 Å². The molecule has 1 saturated heterocycles. The second kappa shape index (κ2) is 16.0. The number of fused-ring (bicyclic) bond motifs is 2. The van der Waals surface area contributed by atoms with Crippen LogP contribution in [0, 0.1) is 35.0 Å². The number of ether oxygens (including phenoxy) is 1. The molecular formula is C41H63N5O6. The predicted octanol–water partition coefficient (Wildman–Crippen LogP) is 4.40. The van der Waals surface area contributed by atoms with Crippen LogP contribution in [0.15, 0.2) is 36.4 Å². The first-order valence-corrected chi connectivity index (χ1v) is 18.9. The fraction of sp³-hybridized carbons (Fsp3) is 0.659. The zero-order valence-electron chi connectivity index (χ0n) is 33.1. The lowest BCUT2D eigenvalue weighted by Gasteiger charge is -2.62. The molecule has 2 aromatic carbocycles. The highest BCUT2D eigenvalue weighted by molar-refractivity contribution is 5.97. The maximum absolute atomic E-state index is 14.2. The van der Waals surface area contributed by atoms with Crippen molar-refractivity contribution in [2.24, 2.45) is 35.0 Å². The highest BCUT2D eigenvalue weighted by Gasteiger charge is 2.57. The maximum Gasteiger partial charge on any atom is 0.251 e. The number of methoxy groups -OCH3 is 1. The fourth-order valence-corrected chi connectivity index (χ4v) is 9.05. The van der Waals surface area contributed by atoms with Gasteiger partial charge in [0.2, 0.25) is 5.91 Å². The van der Waals surface area contributed by atoms with Gasteiger partial charge in [-0.1, -0.05) is 52.8 Å². The van der Waals surface area contributed by atoms with Crippen LogP contribution >= 0.6 is 0 Å². The van der Waals surface area contributed by atoms with E-state index in [9.17, 15) is 19.8 Å². The Bertz CT molecular complexity index is 1580. The molecule has 9 atom stereocenters. The number of aliphatic hydroxyl groups is 2. The first-order chi connectivity index (χ1) is 24.5. The summed E-state index contributed by atoms with van der Waals surface area (Å²) in [5.74, 6) is 1.33. The van der Waals surface area contributed by atoms with Crippen LogP contribution in [0.5, 0.6) is 5.75 Å². The summed E-state index contributed by atoms with van der Waals surface area (Å²) in [5, 5.41) is 29.5. The molecule has 1 unspecified atom stereocenters. The summed E-state index contributed by atoms with van der Waals surface area (Å²) in [6.45, 7) is 13.3. The molecule has 6 rings (SSSR count). The number of likely N-dealkylation sites (N-methyl/N-ethyl adjacent to an activating group) is 1. The van der Waals surface area contributed by atoms with Gasteiger partial charge in [0.1, 0.15) is 17.9 Å². The molecule has 52 heavy (non-hydrogen) atoms. The average molecular weight is 722 g/mol. The second-order valence-electron chi connectivity index (χ2n) is 17.0. The highest BCUT2D eigenvalue weighted by Crippen LogP contribution is 2.61. The summed E-state index contributed by atoms with van der Waals surface area (Å²) in [7, 11) is 9.51. The predicted molar refractivity (Wildman–Crippen MR) is 205 cm³/mol. The SMILES string of the molecule is COc1c(CN2O[C@@H](CO)[C@H]([C@H](C)O)[C@H]2C(=O)N[C@H]2C[C@H]3CC([C@@H]2C)C3(C)C)cccc1-c1cc(C(=O)N[C@H](CN(C)C)C(C)C)cc(N(C)C)c1. The van der Waals surface area contributed by atoms with E-state index in [-0.39, 0.29) is 48.4 Å². The molecule has 0 radical (unpaired) electrons. The van der Waals surface area contributed by atoms with E-state index in [1.165, 1.54) is 6.42 Å². The molecule has 2 bridgehead atoms. The third kappa shape index (κ3) is 7.99. The quantitative estimate of drug-likeness (QED) is 0.225. The minimum absolute atomic E-state index is 0.0236. The average Bonchev–Trinajstić information content (AvgIpc) is 3.46. The van der Waals surface area contributed by atoms with Crippen molar-refractivity contribution < 1.29 is 29.4 Å². The summed E-state index contributed by atoms with van der Waals surface area (Å²) in [6.07, 6.45) is 0.494. The Hall–Kier alpha value is -3.22. The molecule has 1 aliphatic heterocycles. The topological polar surface area (TPSA) is 127 Å². The van der Waals surface area contributed by atoms with E-state index in [1.54, 1.807) is 19.1 Å². The highest BCUT2D eigenvalue weighted by atomic mass is 16.7. The normalized spacial score (nSPS) is 27.9. The summed E-state index contributed by atoms with van der Waals surface area (Å²) >= 11 is 0. The maximum atomic E-state index is 14.2. The molecular weight excluding hydrogens is 658 g/mol. The third-order valence-electron chi connectivity index (χ3n) is 12.4.